The van der Waals surface area contributed by atoms with Gasteiger partial charge in [0.2, 0.25) is 0 Å². The first-order valence-corrected chi connectivity index (χ1v) is 8.15. The van der Waals surface area contributed by atoms with E-state index in [4.69, 9.17) is 11.6 Å². The molecule has 0 spiro atoms. The zero-order valence-corrected chi connectivity index (χ0v) is 12.8. The molecule has 0 bridgehead atoms. The Labute approximate surface area is 122 Å². The van der Waals surface area contributed by atoms with E-state index in [9.17, 15) is 0 Å². The molecule has 1 nitrogen and oxygen atoms in total. The molecule has 2 rings (SSSR count). The van der Waals surface area contributed by atoms with Crippen LogP contribution < -0.4 is 5.32 Å². The summed E-state index contributed by atoms with van der Waals surface area (Å²) in [6.07, 6.45) is 9.31. The minimum absolute atomic E-state index is 0.707. The maximum Gasteiger partial charge on any atom is 0.0406 e. The summed E-state index contributed by atoms with van der Waals surface area (Å²) >= 11 is 5.97. The lowest BCUT2D eigenvalue weighted by Gasteiger charge is -2.26. The van der Waals surface area contributed by atoms with Gasteiger partial charge >= 0.3 is 0 Å². The van der Waals surface area contributed by atoms with Crippen LogP contribution in [0.2, 0.25) is 5.02 Å². The molecular weight excluding hydrogens is 254 g/mol. The average Bonchev–Trinajstić information content (AvgIpc) is 2.64. The third kappa shape index (κ3) is 4.81. The van der Waals surface area contributed by atoms with Crippen molar-refractivity contribution in [2.75, 3.05) is 6.54 Å². The van der Waals surface area contributed by atoms with Crippen LogP contribution in [0.5, 0.6) is 0 Å². The van der Waals surface area contributed by atoms with Crippen molar-refractivity contribution in [2.24, 2.45) is 5.92 Å². The molecule has 1 aromatic carbocycles. The summed E-state index contributed by atoms with van der Waals surface area (Å²) < 4.78 is 0. The van der Waals surface area contributed by atoms with Gasteiger partial charge in [0, 0.05) is 11.1 Å². The molecule has 1 N–H and O–H groups in total. The normalized spacial score (nSPS) is 24.1. The van der Waals surface area contributed by atoms with Gasteiger partial charge in [-0.15, -0.1) is 0 Å². The molecule has 2 heteroatoms. The molecule has 1 aliphatic rings. The van der Waals surface area contributed by atoms with Crippen LogP contribution in [-0.2, 0) is 6.42 Å². The molecule has 0 amide bonds. The van der Waals surface area contributed by atoms with Gasteiger partial charge in [-0.2, -0.15) is 0 Å². The van der Waals surface area contributed by atoms with E-state index < -0.39 is 0 Å². The molecule has 2 unspecified atom stereocenters. The van der Waals surface area contributed by atoms with Crippen molar-refractivity contribution in [2.45, 2.75) is 57.9 Å². The third-order valence-corrected chi connectivity index (χ3v) is 4.48. The van der Waals surface area contributed by atoms with E-state index in [1.165, 1.54) is 50.5 Å². The molecule has 1 aromatic rings. The first-order valence-electron chi connectivity index (χ1n) is 7.77. The molecule has 0 aromatic heterocycles. The fourth-order valence-electron chi connectivity index (χ4n) is 3.15. The Kier molecular flexibility index (Phi) is 6.19. The standard InChI is InChI=1S/C17H26ClN/c1-2-12-19-17-7-5-3-4-6-15(17)13-14-8-10-16(18)11-9-14/h8-11,15,17,19H,2-7,12-13H2,1H3. The molecular formula is C17H26ClN. The predicted molar refractivity (Wildman–Crippen MR) is 83.8 cm³/mol. The van der Waals surface area contributed by atoms with Gasteiger partial charge in [-0.1, -0.05) is 49.9 Å². The SMILES string of the molecule is CCCNC1CCCCCC1Cc1ccc(Cl)cc1. The lowest BCUT2D eigenvalue weighted by molar-refractivity contribution is 0.332. The van der Waals surface area contributed by atoms with E-state index in [1.54, 1.807) is 0 Å². The topological polar surface area (TPSA) is 12.0 Å². The largest absolute Gasteiger partial charge is 0.314 e. The molecule has 0 aliphatic heterocycles. The first-order chi connectivity index (χ1) is 9.29. The van der Waals surface area contributed by atoms with Crippen LogP contribution >= 0.6 is 11.6 Å². The fraction of sp³-hybridized carbons (Fsp3) is 0.647. The summed E-state index contributed by atoms with van der Waals surface area (Å²) in [7, 11) is 0. The van der Waals surface area contributed by atoms with Crippen molar-refractivity contribution in [3.63, 3.8) is 0 Å². The molecule has 2 atom stereocenters. The van der Waals surface area contributed by atoms with Crippen LogP contribution in [0.4, 0.5) is 0 Å². The van der Waals surface area contributed by atoms with Crippen LogP contribution in [0.15, 0.2) is 24.3 Å². The molecule has 1 aliphatic carbocycles. The maximum atomic E-state index is 5.97. The average molecular weight is 280 g/mol. The van der Waals surface area contributed by atoms with Crippen molar-refractivity contribution in [3.05, 3.63) is 34.9 Å². The van der Waals surface area contributed by atoms with Crippen molar-refractivity contribution in [1.29, 1.82) is 0 Å². The van der Waals surface area contributed by atoms with Gasteiger partial charge in [0.15, 0.2) is 0 Å². The highest BCUT2D eigenvalue weighted by atomic mass is 35.5. The number of rotatable bonds is 5. The first kappa shape index (κ1) is 14.9. The summed E-state index contributed by atoms with van der Waals surface area (Å²) in [4.78, 5) is 0. The van der Waals surface area contributed by atoms with Gasteiger partial charge in [-0.25, -0.2) is 0 Å². The summed E-state index contributed by atoms with van der Waals surface area (Å²) in [5.74, 6) is 0.787. The molecule has 19 heavy (non-hydrogen) atoms. The van der Waals surface area contributed by atoms with E-state index >= 15 is 0 Å². The number of nitrogens with one attached hydrogen (secondary N) is 1. The monoisotopic (exact) mass is 279 g/mol. The number of hydrogen-bond donors (Lipinski definition) is 1. The molecule has 106 valence electrons. The quantitative estimate of drug-likeness (QED) is 0.761. The highest BCUT2D eigenvalue weighted by Crippen LogP contribution is 2.27. The Morgan fingerprint density at radius 2 is 1.84 bits per heavy atom. The molecule has 0 heterocycles. The van der Waals surface area contributed by atoms with Gasteiger partial charge in [0.25, 0.3) is 0 Å². The number of benzene rings is 1. The molecule has 1 saturated carbocycles. The summed E-state index contributed by atoms with van der Waals surface area (Å²) in [6.45, 7) is 3.40. The van der Waals surface area contributed by atoms with Gasteiger partial charge in [-0.05, 0) is 55.8 Å². The summed E-state index contributed by atoms with van der Waals surface area (Å²) in [6, 6.07) is 9.11. The van der Waals surface area contributed by atoms with E-state index in [0.717, 1.165) is 17.5 Å². The zero-order valence-electron chi connectivity index (χ0n) is 12.0. The van der Waals surface area contributed by atoms with Crippen molar-refractivity contribution < 1.29 is 0 Å². The summed E-state index contributed by atoms with van der Waals surface area (Å²) in [5.41, 5.74) is 1.43. The van der Waals surface area contributed by atoms with Crippen LogP contribution in [0.25, 0.3) is 0 Å². The van der Waals surface area contributed by atoms with Crippen LogP contribution in [0.3, 0.4) is 0 Å². The second kappa shape index (κ2) is 7.91. The Bertz CT molecular complexity index is 360. The lowest BCUT2D eigenvalue weighted by atomic mass is 9.88. The third-order valence-electron chi connectivity index (χ3n) is 4.23. The molecule has 0 radical (unpaired) electrons. The Balaban J connectivity index is 1.98. The zero-order chi connectivity index (χ0) is 13.5. The highest BCUT2D eigenvalue weighted by Gasteiger charge is 2.23. The van der Waals surface area contributed by atoms with Crippen molar-refractivity contribution in [1.82, 2.24) is 5.32 Å². The smallest absolute Gasteiger partial charge is 0.0406 e. The van der Waals surface area contributed by atoms with Crippen molar-refractivity contribution >= 4 is 11.6 Å². The van der Waals surface area contributed by atoms with Crippen LogP contribution in [0.1, 0.15) is 51.0 Å². The number of halogens is 1. The van der Waals surface area contributed by atoms with E-state index in [-0.39, 0.29) is 0 Å². The van der Waals surface area contributed by atoms with Gasteiger partial charge in [0.05, 0.1) is 0 Å². The Morgan fingerprint density at radius 3 is 2.58 bits per heavy atom. The van der Waals surface area contributed by atoms with E-state index in [1.807, 2.05) is 12.1 Å². The van der Waals surface area contributed by atoms with Crippen molar-refractivity contribution in [3.8, 4) is 0 Å². The second-order valence-electron chi connectivity index (χ2n) is 5.79. The summed E-state index contributed by atoms with van der Waals surface area (Å²) in [5, 5.41) is 4.61. The predicted octanol–water partition coefficient (Wildman–Crippen LogP) is 4.83. The van der Waals surface area contributed by atoms with Gasteiger partial charge < -0.3 is 5.32 Å². The van der Waals surface area contributed by atoms with Crippen LogP contribution in [-0.4, -0.2) is 12.6 Å². The van der Waals surface area contributed by atoms with E-state index in [0.29, 0.717) is 6.04 Å². The second-order valence-corrected chi connectivity index (χ2v) is 6.23. The minimum atomic E-state index is 0.707. The van der Waals surface area contributed by atoms with Gasteiger partial charge in [-0.3, -0.25) is 0 Å². The maximum absolute atomic E-state index is 5.97. The van der Waals surface area contributed by atoms with E-state index in [2.05, 4.69) is 24.4 Å². The molecule has 0 saturated heterocycles. The lowest BCUT2D eigenvalue weighted by Crippen LogP contribution is -2.37. The Hall–Kier alpha value is -0.530. The minimum Gasteiger partial charge on any atom is -0.314 e. The molecule has 1 fully saturated rings. The number of hydrogen-bond acceptors (Lipinski definition) is 1. The highest BCUT2D eigenvalue weighted by molar-refractivity contribution is 6.30. The Morgan fingerprint density at radius 1 is 1.11 bits per heavy atom. The van der Waals surface area contributed by atoms with Gasteiger partial charge in [0.1, 0.15) is 0 Å². The van der Waals surface area contributed by atoms with Crippen LogP contribution in [0, 0.1) is 5.92 Å². The fourth-order valence-corrected chi connectivity index (χ4v) is 3.28.